The minimum Gasteiger partial charge on any atom is -0.330 e. The van der Waals surface area contributed by atoms with Crippen LogP contribution in [-0.2, 0) is 0 Å². The third kappa shape index (κ3) is 2.50. The lowest BCUT2D eigenvalue weighted by Crippen LogP contribution is -2.41. The second kappa shape index (κ2) is 5.61. The number of benzene rings is 1. The fraction of sp³-hybridized carbons (Fsp3) is 0.571. The lowest BCUT2D eigenvalue weighted by molar-refractivity contribution is 0.0992. The quantitative estimate of drug-likeness (QED) is 0.874. The Labute approximate surface area is 103 Å². The van der Waals surface area contributed by atoms with E-state index in [0.29, 0.717) is 12.5 Å². The molecule has 1 heterocycles. The van der Waals surface area contributed by atoms with E-state index in [0.717, 1.165) is 25.1 Å². The van der Waals surface area contributed by atoms with Crippen molar-refractivity contribution in [2.75, 3.05) is 19.6 Å². The van der Waals surface area contributed by atoms with Crippen molar-refractivity contribution < 1.29 is 4.39 Å². The Kier molecular flexibility index (Phi) is 4.13. The van der Waals surface area contributed by atoms with E-state index in [1.54, 1.807) is 12.1 Å². The van der Waals surface area contributed by atoms with Crippen LogP contribution in [0, 0.1) is 11.7 Å². The highest BCUT2D eigenvalue weighted by Crippen LogP contribution is 2.36. The van der Waals surface area contributed by atoms with Gasteiger partial charge in [0.15, 0.2) is 0 Å². The highest BCUT2D eigenvalue weighted by atomic mass is 19.1. The van der Waals surface area contributed by atoms with E-state index in [4.69, 9.17) is 5.73 Å². The van der Waals surface area contributed by atoms with Crippen LogP contribution in [0.15, 0.2) is 24.3 Å². The molecule has 0 radical (unpaired) electrons. The van der Waals surface area contributed by atoms with Crippen molar-refractivity contribution in [2.45, 2.75) is 25.8 Å². The van der Waals surface area contributed by atoms with Gasteiger partial charge >= 0.3 is 0 Å². The first kappa shape index (κ1) is 12.5. The Morgan fingerprint density at radius 3 is 2.82 bits per heavy atom. The normalized spacial score (nSPS) is 26.1. The van der Waals surface area contributed by atoms with Crippen LogP contribution < -0.4 is 5.73 Å². The molecule has 2 unspecified atom stereocenters. The van der Waals surface area contributed by atoms with Gasteiger partial charge in [-0.3, -0.25) is 4.90 Å². The van der Waals surface area contributed by atoms with Gasteiger partial charge < -0.3 is 5.73 Å². The number of nitrogens with zero attached hydrogens (tertiary/aromatic N) is 1. The zero-order valence-electron chi connectivity index (χ0n) is 10.4. The van der Waals surface area contributed by atoms with Crippen molar-refractivity contribution in [2.24, 2.45) is 11.7 Å². The Morgan fingerprint density at radius 1 is 1.41 bits per heavy atom. The zero-order chi connectivity index (χ0) is 12.3. The second-order valence-electron chi connectivity index (χ2n) is 4.73. The van der Waals surface area contributed by atoms with E-state index < -0.39 is 0 Å². The smallest absolute Gasteiger partial charge is 0.127 e. The van der Waals surface area contributed by atoms with Crippen LogP contribution in [0.2, 0.25) is 0 Å². The molecule has 0 amide bonds. The molecule has 0 spiro atoms. The number of piperidine rings is 1. The predicted octanol–water partition coefficient (Wildman–Crippen LogP) is 2.56. The van der Waals surface area contributed by atoms with Crippen molar-refractivity contribution in [1.29, 1.82) is 0 Å². The lowest BCUT2D eigenvalue weighted by Gasteiger charge is -2.41. The monoisotopic (exact) mass is 236 g/mol. The molecule has 0 aromatic heterocycles. The molecule has 17 heavy (non-hydrogen) atoms. The minimum atomic E-state index is -0.101. The first-order valence-electron chi connectivity index (χ1n) is 6.46. The van der Waals surface area contributed by atoms with Gasteiger partial charge in [0.2, 0.25) is 0 Å². The predicted molar refractivity (Wildman–Crippen MR) is 68.2 cm³/mol. The van der Waals surface area contributed by atoms with E-state index in [2.05, 4.69) is 11.8 Å². The number of halogens is 1. The van der Waals surface area contributed by atoms with Crippen molar-refractivity contribution in [3.63, 3.8) is 0 Å². The average Bonchev–Trinajstić information content (AvgIpc) is 2.38. The standard InChI is InChI=1S/C14H21FN2/c1-2-17-9-5-6-11(10-16)14(17)12-7-3-4-8-13(12)15/h3-4,7-8,11,14H,2,5-6,9-10,16H2,1H3. The summed E-state index contributed by atoms with van der Waals surface area (Å²) in [6.45, 7) is 4.77. The summed E-state index contributed by atoms with van der Waals surface area (Å²) in [5.74, 6) is 0.275. The molecule has 2 atom stereocenters. The summed E-state index contributed by atoms with van der Waals surface area (Å²) < 4.78 is 13.9. The minimum absolute atomic E-state index is 0.101. The van der Waals surface area contributed by atoms with Crippen LogP contribution in [0.1, 0.15) is 31.4 Å². The first-order valence-corrected chi connectivity index (χ1v) is 6.46. The van der Waals surface area contributed by atoms with E-state index in [9.17, 15) is 4.39 Å². The Hall–Kier alpha value is -0.930. The molecule has 1 aromatic rings. The molecular weight excluding hydrogens is 215 g/mol. The molecule has 2 N–H and O–H groups in total. The molecule has 3 heteroatoms. The summed E-state index contributed by atoms with van der Waals surface area (Å²) in [6.07, 6.45) is 2.27. The van der Waals surface area contributed by atoms with Gasteiger partial charge in [-0.25, -0.2) is 4.39 Å². The molecule has 2 nitrogen and oxygen atoms in total. The first-order chi connectivity index (χ1) is 8.27. The molecule has 0 saturated carbocycles. The Morgan fingerprint density at radius 2 is 2.18 bits per heavy atom. The third-order valence-corrected chi connectivity index (χ3v) is 3.79. The van der Waals surface area contributed by atoms with Crippen molar-refractivity contribution in [3.05, 3.63) is 35.6 Å². The van der Waals surface area contributed by atoms with Gasteiger partial charge in [0.25, 0.3) is 0 Å². The Bertz CT molecular complexity index is 355. The molecule has 94 valence electrons. The average molecular weight is 236 g/mol. The summed E-state index contributed by atoms with van der Waals surface area (Å²) in [5.41, 5.74) is 6.66. The van der Waals surface area contributed by atoms with Gasteiger partial charge in [-0.1, -0.05) is 25.1 Å². The van der Waals surface area contributed by atoms with E-state index >= 15 is 0 Å². The van der Waals surface area contributed by atoms with Crippen molar-refractivity contribution in [1.82, 2.24) is 4.90 Å². The number of hydrogen-bond donors (Lipinski definition) is 1. The summed E-state index contributed by atoms with van der Waals surface area (Å²) >= 11 is 0. The van der Waals surface area contributed by atoms with Crippen LogP contribution in [-0.4, -0.2) is 24.5 Å². The highest BCUT2D eigenvalue weighted by molar-refractivity contribution is 5.22. The molecule has 1 aromatic carbocycles. The van der Waals surface area contributed by atoms with E-state index in [1.165, 1.54) is 6.42 Å². The highest BCUT2D eigenvalue weighted by Gasteiger charge is 2.32. The molecular formula is C14H21FN2. The van der Waals surface area contributed by atoms with Crippen LogP contribution in [0.5, 0.6) is 0 Å². The van der Waals surface area contributed by atoms with Crippen molar-refractivity contribution in [3.8, 4) is 0 Å². The van der Waals surface area contributed by atoms with Gasteiger partial charge in [0, 0.05) is 11.6 Å². The largest absolute Gasteiger partial charge is 0.330 e. The fourth-order valence-electron chi connectivity index (χ4n) is 2.92. The van der Waals surface area contributed by atoms with Crippen molar-refractivity contribution >= 4 is 0 Å². The van der Waals surface area contributed by atoms with Gasteiger partial charge in [-0.05, 0) is 44.5 Å². The van der Waals surface area contributed by atoms with Crippen LogP contribution >= 0.6 is 0 Å². The molecule has 1 fully saturated rings. The molecule has 2 rings (SSSR count). The van der Waals surface area contributed by atoms with E-state index in [1.807, 2.05) is 12.1 Å². The summed E-state index contributed by atoms with van der Waals surface area (Å²) in [5, 5.41) is 0. The second-order valence-corrected chi connectivity index (χ2v) is 4.73. The summed E-state index contributed by atoms with van der Waals surface area (Å²) in [7, 11) is 0. The number of rotatable bonds is 3. The maximum absolute atomic E-state index is 13.9. The van der Waals surface area contributed by atoms with Crippen LogP contribution in [0.4, 0.5) is 4.39 Å². The van der Waals surface area contributed by atoms with Crippen LogP contribution in [0.25, 0.3) is 0 Å². The summed E-state index contributed by atoms with van der Waals surface area (Å²) in [4.78, 5) is 2.35. The third-order valence-electron chi connectivity index (χ3n) is 3.79. The van der Waals surface area contributed by atoms with Gasteiger partial charge in [-0.15, -0.1) is 0 Å². The molecule has 1 saturated heterocycles. The molecule has 1 aliphatic heterocycles. The molecule has 0 aliphatic carbocycles. The number of likely N-dealkylation sites (tertiary alicyclic amines) is 1. The number of hydrogen-bond acceptors (Lipinski definition) is 2. The van der Waals surface area contributed by atoms with Gasteiger partial charge in [0.1, 0.15) is 5.82 Å². The maximum Gasteiger partial charge on any atom is 0.127 e. The Balaban J connectivity index is 2.33. The van der Waals surface area contributed by atoms with Gasteiger partial charge in [-0.2, -0.15) is 0 Å². The number of nitrogens with two attached hydrogens (primary N) is 1. The summed E-state index contributed by atoms with van der Waals surface area (Å²) in [6, 6.07) is 7.26. The zero-order valence-corrected chi connectivity index (χ0v) is 10.4. The van der Waals surface area contributed by atoms with Crippen LogP contribution in [0.3, 0.4) is 0 Å². The lowest BCUT2D eigenvalue weighted by atomic mass is 9.84. The molecule has 0 bridgehead atoms. The van der Waals surface area contributed by atoms with Gasteiger partial charge in [0.05, 0.1) is 0 Å². The SMILES string of the molecule is CCN1CCCC(CN)C1c1ccccc1F. The van der Waals surface area contributed by atoms with E-state index in [-0.39, 0.29) is 11.9 Å². The maximum atomic E-state index is 13.9. The molecule has 1 aliphatic rings. The fourth-order valence-corrected chi connectivity index (χ4v) is 2.92. The topological polar surface area (TPSA) is 29.3 Å².